The van der Waals surface area contributed by atoms with Gasteiger partial charge < -0.3 is 14.4 Å². The van der Waals surface area contributed by atoms with Crippen molar-refractivity contribution in [2.45, 2.75) is 219 Å². The number of phosphoric acid groups is 1. The highest BCUT2D eigenvalue weighted by Gasteiger charge is 2.25. The largest absolute Gasteiger partial charge is 0.472 e. The predicted octanol–water partition coefficient (Wildman–Crippen LogP) is 14.0. The van der Waals surface area contributed by atoms with Gasteiger partial charge in [-0.1, -0.05) is 159 Å². The van der Waals surface area contributed by atoms with Gasteiger partial charge in [-0.2, -0.15) is 0 Å². The van der Waals surface area contributed by atoms with Gasteiger partial charge in [0.05, 0.1) is 13.2 Å². The number of allylic oxidation sites excluding steroid dienone is 6. The van der Waals surface area contributed by atoms with Crippen LogP contribution in [0.1, 0.15) is 213 Å². The highest BCUT2D eigenvalue weighted by Crippen LogP contribution is 2.43. The molecule has 0 aromatic heterocycles. The number of hydrogen-bond acceptors (Lipinski definition) is 7. The second-order valence-corrected chi connectivity index (χ2v) is 16.2. The van der Waals surface area contributed by atoms with E-state index in [9.17, 15) is 19.0 Å². The molecule has 0 bridgehead atoms. The van der Waals surface area contributed by atoms with Crippen LogP contribution in [0, 0.1) is 0 Å². The van der Waals surface area contributed by atoms with Gasteiger partial charge >= 0.3 is 19.8 Å². The van der Waals surface area contributed by atoms with E-state index >= 15 is 0 Å². The molecule has 0 aromatic rings. The maximum absolute atomic E-state index is 12.6. The molecule has 0 radical (unpaired) electrons. The first-order chi connectivity index (χ1) is 26.3. The molecule has 316 valence electrons. The molecule has 8 nitrogen and oxygen atoms in total. The van der Waals surface area contributed by atoms with E-state index in [0.29, 0.717) is 6.42 Å². The molecule has 0 spiro atoms. The molecule has 0 rings (SSSR count). The third-order valence-electron chi connectivity index (χ3n) is 9.42. The van der Waals surface area contributed by atoms with Crippen LogP contribution in [-0.4, -0.2) is 42.8 Å². The van der Waals surface area contributed by atoms with Crippen LogP contribution in [0.3, 0.4) is 0 Å². The smallest absolute Gasteiger partial charge is 0.462 e. The molecule has 0 aliphatic carbocycles. The average Bonchev–Trinajstić information content (AvgIpc) is 3.15. The van der Waals surface area contributed by atoms with Crippen molar-refractivity contribution in [1.82, 2.24) is 0 Å². The van der Waals surface area contributed by atoms with Gasteiger partial charge in [0.2, 0.25) is 0 Å². The minimum atomic E-state index is -4.28. The molecule has 54 heavy (non-hydrogen) atoms. The van der Waals surface area contributed by atoms with E-state index in [1.807, 2.05) is 0 Å². The number of unbranched alkanes of at least 4 members (excludes halogenated alkanes) is 23. The molecule has 0 saturated carbocycles. The van der Waals surface area contributed by atoms with Crippen molar-refractivity contribution in [2.24, 2.45) is 0 Å². The average molecular weight is 783 g/mol. The summed E-state index contributed by atoms with van der Waals surface area (Å²) in [7, 11) is -4.28. The normalized spacial score (nSPS) is 13.6. The van der Waals surface area contributed by atoms with E-state index in [1.165, 1.54) is 122 Å². The van der Waals surface area contributed by atoms with Crippen LogP contribution in [0.15, 0.2) is 36.5 Å². The summed E-state index contributed by atoms with van der Waals surface area (Å²) in [5.41, 5.74) is 0. The van der Waals surface area contributed by atoms with Crippen molar-refractivity contribution in [2.75, 3.05) is 19.8 Å². The molecule has 9 heteroatoms. The van der Waals surface area contributed by atoms with Gasteiger partial charge in [0, 0.05) is 12.8 Å². The van der Waals surface area contributed by atoms with Crippen molar-refractivity contribution in [3.8, 4) is 0 Å². The quantitative estimate of drug-likeness (QED) is 0.0283. The zero-order valence-corrected chi connectivity index (χ0v) is 36.0. The first kappa shape index (κ1) is 52.3. The summed E-state index contributed by atoms with van der Waals surface area (Å²) in [5.74, 6) is -0.808. The Morgan fingerprint density at radius 2 is 0.889 bits per heavy atom. The maximum Gasteiger partial charge on any atom is 0.472 e. The number of carbonyl (C=O) groups excluding carboxylic acids is 2. The molecule has 0 saturated heterocycles. The summed E-state index contributed by atoms with van der Waals surface area (Å²) in [6, 6.07) is 0. The zero-order valence-electron chi connectivity index (χ0n) is 35.1. The van der Waals surface area contributed by atoms with Crippen molar-refractivity contribution in [1.29, 1.82) is 0 Å². The van der Waals surface area contributed by atoms with E-state index in [1.54, 1.807) is 6.92 Å². The summed E-state index contributed by atoms with van der Waals surface area (Å²) >= 11 is 0. The van der Waals surface area contributed by atoms with Gasteiger partial charge in [0.25, 0.3) is 0 Å². The predicted molar refractivity (Wildman–Crippen MR) is 226 cm³/mol. The number of esters is 2. The Morgan fingerprint density at radius 3 is 1.37 bits per heavy atom. The summed E-state index contributed by atoms with van der Waals surface area (Å²) in [6.45, 7) is 5.45. The molecule has 0 aliphatic rings. The number of hydrogen-bond donors (Lipinski definition) is 1. The maximum atomic E-state index is 12.6. The molecule has 0 fully saturated rings. The molecule has 2 unspecified atom stereocenters. The molecule has 0 heterocycles. The van der Waals surface area contributed by atoms with Crippen LogP contribution in [0.4, 0.5) is 0 Å². The highest BCUT2D eigenvalue weighted by molar-refractivity contribution is 7.47. The van der Waals surface area contributed by atoms with E-state index in [4.69, 9.17) is 18.5 Å². The molecule has 2 atom stereocenters. The van der Waals surface area contributed by atoms with Crippen molar-refractivity contribution < 1.29 is 37.6 Å². The summed E-state index contributed by atoms with van der Waals surface area (Å²) in [6.07, 6.45) is 46.2. The van der Waals surface area contributed by atoms with Gasteiger partial charge in [0.1, 0.15) is 6.61 Å². The van der Waals surface area contributed by atoms with E-state index in [2.05, 4.69) is 50.3 Å². The monoisotopic (exact) mass is 783 g/mol. The Labute approximate surface area is 332 Å². The fraction of sp³-hybridized carbons (Fsp3) is 0.822. The van der Waals surface area contributed by atoms with Crippen LogP contribution >= 0.6 is 7.82 Å². The second kappa shape index (κ2) is 40.9. The number of ether oxygens (including phenoxy) is 2. The van der Waals surface area contributed by atoms with E-state index in [-0.39, 0.29) is 32.0 Å². The third-order valence-corrected chi connectivity index (χ3v) is 10.5. The summed E-state index contributed by atoms with van der Waals surface area (Å²) in [4.78, 5) is 34.8. The summed E-state index contributed by atoms with van der Waals surface area (Å²) in [5, 5.41) is 0. The van der Waals surface area contributed by atoms with Gasteiger partial charge in [-0.25, -0.2) is 4.57 Å². The lowest BCUT2D eigenvalue weighted by Crippen LogP contribution is -2.29. The Bertz CT molecular complexity index is 979. The second-order valence-electron chi connectivity index (χ2n) is 14.7. The topological polar surface area (TPSA) is 108 Å². The molecule has 0 amide bonds. The molecular formula is C45H83O8P. The zero-order chi connectivity index (χ0) is 39.6. The first-order valence-electron chi connectivity index (χ1n) is 22.3. The van der Waals surface area contributed by atoms with Crippen LogP contribution in [-0.2, 0) is 32.7 Å². The standard InChI is InChI=1S/C45H83O8P/c1-4-7-9-11-13-15-17-19-21-23-25-27-29-31-33-35-37-39-44(46)50-41-43(42-52-54(48,49)51-6-3)53-45(47)40-38-36-34-32-30-28-26-24-22-20-18-16-14-12-10-8-5-2/h14,16,19-22,43H,4-13,15,17-18,23-42H2,1-3H3,(H,48,49)/b16-14-,21-19-,22-20-. The van der Waals surface area contributed by atoms with E-state index in [0.717, 1.165) is 51.4 Å². The number of rotatable bonds is 41. The van der Waals surface area contributed by atoms with Crippen molar-refractivity contribution in [3.63, 3.8) is 0 Å². The van der Waals surface area contributed by atoms with Gasteiger partial charge in [0.15, 0.2) is 6.10 Å². The van der Waals surface area contributed by atoms with Crippen LogP contribution in [0.25, 0.3) is 0 Å². The van der Waals surface area contributed by atoms with Crippen molar-refractivity contribution in [3.05, 3.63) is 36.5 Å². The lowest BCUT2D eigenvalue weighted by molar-refractivity contribution is -0.161. The fourth-order valence-corrected chi connectivity index (χ4v) is 6.88. The first-order valence-corrected chi connectivity index (χ1v) is 23.8. The lowest BCUT2D eigenvalue weighted by atomic mass is 10.1. The van der Waals surface area contributed by atoms with Crippen LogP contribution in [0.5, 0.6) is 0 Å². The highest BCUT2D eigenvalue weighted by atomic mass is 31.2. The van der Waals surface area contributed by atoms with Crippen LogP contribution in [0.2, 0.25) is 0 Å². The van der Waals surface area contributed by atoms with Crippen LogP contribution < -0.4 is 0 Å². The minimum Gasteiger partial charge on any atom is -0.462 e. The SMILES string of the molecule is CCCCC/C=C\C/C=C\CCCCCCCCCC(=O)OC(COC(=O)CCCCCCCCC/C=C\CCCCCCCC)COP(=O)(O)OCC. The van der Waals surface area contributed by atoms with Gasteiger partial charge in [-0.15, -0.1) is 0 Å². The van der Waals surface area contributed by atoms with Gasteiger partial charge in [-0.05, 0) is 77.6 Å². The van der Waals surface area contributed by atoms with E-state index < -0.39 is 26.5 Å². The lowest BCUT2D eigenvalue weighted by Gasteiger charge is -2.19. The Kier molecular flexibility index (Phi) is 39.6. The number of phosphoric ester groups is 1. The third kappa shape index (κ3) is 39.9. The fourth-order valence-electron chi connectivity index (χ4n) is 6.12. The molecule has 0 aliphatic heterocycles. The Balaban J connectivity index is 4.08. The number of carbonyl (C=O) groups is 2. The van der Waals surface area contributed by atoms with Crippen molar-refractivity contribution >= 4 is 19.8 Å². The molecule has 0 aromatic carbocycles. The molecular weight excluding hydrogens is 699 g/mol. The molecule has 1 N–H and O–H groups in total. The minimum absolute atomic E-state index is 0.00189. The Hall–Kier alpha value is -1.73. The Morgan fingerprint density at radius 1 is 0.500 bits per heavy atom. The van der Waals surface area contributed by atoms with Gasteiger partial charge in [-0.3, -0.25) is 18.6 Å². The summed E-state index contributed by atoms with van der Waals surface area (Å²) < 4.78 is 32.7.